The van der Waals surface area contributed by atoms with Gasteiger partial charge in [0.15, 0.2) is 0 Å². The molecule has 0 saturated carbocycles. The van der Waals surface area contributed by atoms with Crippen molar-refractivity contribution in [3.05, 3.63) is 28.2 Å². The molecular formula is C13H18BrClN2O2S. The van der Waals surface area contributed by atoms with Gasteiger partial charge in [-0.3, -0.25) is 0 Å². The van der Waals surface area contributed by atoms with E-state index in [9.17, 15) is 8.42 Å². The molecule has 1 heterocycles. The van der Waals surface area contributed by atoms with Crippen LogP contribution in [-0.2, 0) is 15.9 Å². The van der Waals surface area contributed by atoms with Crippen LogP contribution in [-0.4, -0.2) is 50.3 Å². The van der Waals surface area contributed by atoms with Crippen molar-refractivity contribution in [1.29, 1.82) is 0 Å². The van der Waals surface area contributed by atoms with Crippen molar-refractivity contribution in [2.75, 3.05) is 26.7 Å². The molecule has 7 heteroatoms. The van der Waals surface area contributed by atoms with E-state index in [1.165, 1.54) is 0 Å². The summed E-state index contributed by atoms with van der Waals surface area (Å²) in [7, 11) is -1.47. The van der Waals surface area contributed by atoms with Gasteiger partial charge in [0, 0.05) is 36.0 Å². The molecule has 112 valence electrons. The van der Waals surface area contributed by atoms with Crippen LogP contribution in [0.3, 0.4) is 0 Å². The van der Waals surface area contributed by atoms with Gasteiger partial charge in [-0.2, -0.15) is 4.31 Å². The van der Waals surface area contributed by atoms with Crippen LogP contribution in [0, 0.1) is 0 Å². The molecule has 2 rings (SSSR count). The number of likely N-dealkylation sites (N-methyl/N-ethyl adjacent to an activating group) is 1. The number of hydrogen-bond acceptors (Lipinski definition) is 3. The van der Waals surface area contributed by atoms with Crippen LogP contribution in [0.25, 0.3) is 0 Å². The lowest BCUT2D eigenvalue weighted by atomic mass is 10.2. The largest absolute Gasteiger partial charge is 0.301 e. The molecule has 4 nitrogen and oxygen atoms in total. The molecule has 0 radical (unpaired) electrons. The number of rotatable bonds is 3. The number of halogens is 2. The van der Waals surface area contributed by atoms with Gasteiger partial charge >= 0.3 is 0 Å². The van der Waals surface area contributed by atoms with Gasteiger partial charge in [-0.05, 0) is 47.6 Å². The van der Waals surface area contributed by atoms with E-state index in [1.54, 1.807) is 16.4 Å². The smallest absolute Gasteiger partial charge is 0.244 e. The van der Waals surface area contributed by atoms with E-state index in [1.807, 2.05) is 20.0 Å². The summed E-state index contributed by atoms with van der Waals surface area (Å²) in [6.07, 6.45) is 0. The third-order valence-electron chi connectivity index (χ3n) is 3.69. The molecule has 1 unspecified atom stereocenters. The zero-order valence-corrected chi connectivity index (χ0v) is 14.7. The van der Waals surface area contributed by atoms with Crippen LogP contribution < -0.4 is 0 Å². The summed E-state index contributed by atoms with van der Waals surface area (Å²) in [5.74, 6) is 0.301. The normalized spacial score (nSPS) is 22.1. The SMILES string of the molecule is CC1CN(S(=O)(=O)c2cc(CCl)ccc2Br)CCN1C. The Morgan fingerprint density at radius 3 is 2.70 bits per heavy atom. The Morgan fingerprint density at radius 1 is 1.40 bits per heavy atom. The molecule has 1 aromatic carbocycles. The number of benzene rings is 1. The quantitative estimate of drug-likeness (QED) is 0.755. The highest BCUT2D eigenvalue weighted by molar-refractivity contribution is 9.10. The van der Waals surface area contributed by atoms with Crippen LogP contribution in [0.1, 0.15) is 12.5 Å². The Hall–Kier alpha value is -0.140. The van der Waals surface area contributed by atoms with Gasteiger partial charge in [-0.25, -0.2) is 8.42 Å². The van der Waals surface area contributed by atoms with E-state index >= 15 is 0 Å². The van der Waals surface area contributed by atoms with Crippen LogP contribution in [0.4, 0.5) is 0 Å². The van der Waals surface area contributed by atoms with Gasteiger partial charge in [-0.15, -0.1) is 11.6 Å². The zero-order chi connectivity index (χ0) is 14.9. The van der Waals surface area contributed by atoms with E-state index in [2.05, 4.69) is 20.8 Å². The molecule has 0 aromatic heterocycles. The third kappa shape index (κ3) is 3.20. The summed E-state index contributed by atoms with van der Waals surface area (Å²) in [6, 6.07) is 5.43. The van der Waals surface area contributed by atoms with E-state index in [0.717, 1.165) is 12.1 Å². The summed E-state index contributed by atoms with van der Waals surface area (Å²) in [5, 5.41) is 0. The molecule has 1 aliphatic heterocycles. The molecule has 0 N–H and O–H groups in total. The van der Waals surface area contributed by atoms with Crippen molar-refractivity contribution < 1.29 is 8.42 Å². The average molecular weight is 382 g/mol. The molecule has 1 fully saturated rings. The maximum Gasteiger partial charge on any atom is 0.244 e. The van der Waals surface area contributed by atoms with Gasteiger partial charge in [0.1, 0.15) is 0 Å². The molecule has 1 aliphatic rings. The highest BCUT2D eigenvalue weighted by Crippen LogP contribution is 2.28. The predicted molar refractivity (Wildman–Crippen MR) is 84.5 cm³/mol. The second-order valence-corrected chi connectivity index (χ2v) is 8.12. The number of hydrogen-bond donors (Lipinski definition) is 0. The van der Waals surface area contributed by atoms with Gasteiger partial charge in [0.2, 0.25) is 10.0 Å². The molecule has 1 atom stereocenters. The van der Waals surface area contributed by atoms with Crippen LogP contribution in [0.2, 0.25) is 0 Å². The minimum atomic E-state index is -3.48. The van der Waals surface area contributed by atoms with Gasteiger partial charge < -0.3 is 4.90 Å². The van der Waals surface area contributed by atoms with E-state index in [0.29, 0.717) is 28.3 Å². The molecule has 0 aliphatic carbocycles. The predicted octanol–water partition coefficient (Wildman–Crippen LogP) is 2.51. The first kappa shape index (κ1) is 16.2. The Bertz CT molecular complexity index is 594. The fraction of sp³-hybridized carbons (Fsp3) is 0.538. The van der Waals surface area contributed by atoms with Gasteiger partial charge in [0.05, 0.1) is 4.90 Å². The highest BCUT2D eigenvalue weighted by atomic mass is 79.9. The summed E-state index contributed by atoms with van der Waals surface area (Å²) in [4.78, 5) is 2.46. The fourth-order valence-electron chi connectivity index (χ4n) is 2.20. The molecule has 1 saturated heterocycles. The fourth-order valence-corrected chi connectivity index (χ4v) is 4.85. The minimum Gasteiger partial charge on any atom is -0.301 e. The van der Waals surface area contributed by atoms with Gasteiger partial charge in [-0.1, -0.05) is 6.07 Å². The number of piperazine rings is 1. The first-order chi connectivity index (χ1) is 9.36. The molecule has 1 aromatic rings. The standard InChI is InChI=1S/C13H18BrClN2O2S/c1-10-9-17(6-5-16(10)2)20(18,19)13-7-11(8-15)3-4-12(13)14/h3-4,7,10H,5-6,8-9H2,1-2H3. The molecule has 0 bridgehead atoms. The Balaban J connectivity index is 2.35. The van der Waals surface area contributed by atoms with E-state index in [-0.39, 0.29) is 6.04 Å². The highest BCUT2D eigenvalue weighted by Gasteiger charge is 2.32. The monoisotopic (exact) mass is 380 g/mol. The Morgan fingerprint density at radius 2 is 2.10 bits per heavy atom. The molecule has 20 heavy (non-hydrogen) atoms. The lowest BCUT2D eigenvalue weighted by Gasteiger charge is -2.37. The summed E-state index contributed by atoms with van der Waals surface area (Å²) in [6.45, 7) is 3.80. The van der Waals surface area contributed by atoms with Gasteiger partial charge in [0.25, 0.3) is 0 Å². The van der Waals surface area contributed by atoms with Crippen molar-refractivity contribution >= 4 is 37.6 Å². The second kappa shape index (κ2) is 6.32. The van der Waals surface area contributed by atoms with Crippen LogP contribution in [0.15, 0.2) is 27.6 Å². The summed E-state index contributed by atoms with van der Waals surface area (Å²) < 4.78 is 27.7. The molecular weight excluding hydrogens is 364 g/mol. The maximum absolute atomic E-state index is 12.8. The first-order valence-electron chi connectivity index (χ1n) is 6.41. The Labute approximate surface area is 133 Å². The lowest BCUT2D eigenvalue weighted by Crippen LogP contribution is -2.51. The van der Waals surface area contributed by atoms with Crippen LogP contribution in [0.5, 0.6) is 0 Å². The van der Waals surface area contributed by atoms with Crippen molar-refractivity contribution in [3.63, 3.8) is 0 Å². The Kier molecular flexibility index (Phi) is 5.13. The zero-order valence-electron chi connectivity index (χ0n) is 11.5. The van der Waals surface area contributed by atoms with Crippen molar-refractivity contribution in [2.24, 2.45) is 0 Å². The van der Waals surface area contributed by atoms with E-state index in [4.69, 9.17) is 11.6 Å². The van der Waals surface area contributed by atoms with Crippen molar-refractivity contribution in [3.8, 4) is 0 Å². The second-order valence-electron chi connectivity index (χ2n) is 5.09. The number of sulfonamides is 1. The first-order valence-corrected chi connectivity index (χ1v) is 9.18. The number of nitrogens with zero attached hydrogens (tertiary/aromatic N) is 2. The minimum absolute atomic E-state index is 0.216. The summed E-state index contributed by atoms with van der Waals surface area (Å²) in [5.41, 5.74) is 0.801. The topological polar surface area (TPSA) is 40.6 Å². The maximum atomic E-state index is 12.8. The van der Waals surface area contributed by atoms with Crippen molar-refractivity contribution in [1.82, 2.24) is 9.21 Å². The molecule has 0 spiro atoms. The van der Waals surface area contributed by atoms with Crippen molar-refractivity contribution in [2.45, 2.75) is 23.7 Å². The molecule has 0 amide bonds. The number of alkyl halides is 1. The van der Waals surface area contributed by atoms with E-state index < -0.39 is 10.0 Å². The lowest BCUT2D eigenvalue weighted by molar-refractivity contribution is 0.159. The average Bonchev–Trinajstić information content (AvgIpc) is 2.42. The van der Waals surface area contributed by atoms with Crippen LogP contribution >= 0.6 is 27.5 Å². The summed E-state index contributed by atoms with van der Waals surface area (Å²) >= 11 is 9.13. The third-order valence-corrected chi connectivity index (χ3v) is 6.86.